The van der Waals surface area contributed by atoms with Gasteiger partial charge >= 0.3 is 0 Å². The van der Waals surface area contributed by atoms with Crippen LogP contribution in [0.4, 0.5) is 0 Å². The van der Waals surface area contributed by atoms with Crippen molar-refractivity contribution in [3.63, 3.8) is 0 Å². The van der Waals surface area contributed by atoms with Gasteiger partial charge in [-0.05, 0) is 0 Å². The number of hydrogen-bond acceptors (Lipinski definition) is 0. The molecule has 0 N–H and O–H groups in total. The minimum Gasteiger partial charge on any atom is -0.0654 e. The Morgan fingerprint density at radius 3 is 0.933 bits per heavy atom. The van der Waals surface area contributed by atoms with Gasteiger partial charge in [0, 0.05) is 0 Å². The lowest BCUT2D eigenvalue weighted by Crippen LogP contribution is -1.80. The Kier molecular flexibility index (Phi) is 14.0. The van der Waals surface area contributed by atoms with Crippen LogP contribution >= 0.6 is 0 Å². The first-order valence-corrected chi connectivity index (χ1v) is 7.41. The van der Waals surface area contributed by atoms with Crippen molar-refractivity contribution >= 4 is 0 Å². The van der Waals surface area contributed by atoms with E-state index in [9.17, 15) is 0 Å². The van der Waals surface area contributed by atoms with Crippen molar-refractivity contribution in [2.45, 2.75) is 97.3 Å². The fourth-order valence-electron chi connectivity index (χ4n) is 1.56. The molecule has 0 saturated heterocycles. The quantitative estimate of drug-likeness (QED) is 0.405. The number of rotatable bonds is 9. The van der Waals surface area contributed by atoms with E-state index in [1.807, 2.05) is 0 Å². The second kappa shape index (κ2) is 14.0. The lowest BCUT2D eigenvalue weighted by Gasteiger charge is -1.99. The van der Waals surface area contributed by atoms with Gasteiger partial charge in [-0.15, -0.1) is 0 Å². The summed E-state index contributed by atoms with van der Waals surface area (Å²) in [5, 5.41) is 0. The topological polar surface area (TPSA) is 0 Å². The van der Waals surface area contributed by atoms with Crippen LogP contribution in [0.5, 0.6) is 0 Å². The molecule has 1 saturated carbocycles. The highest BCUT2D eigenvalue weighted by Crippen LogP contribution is 2.14. The van der Waals surface area contributed by atoms with Crippen molar-refractivity contribution in [2.75, 3.05) is 0 Å². The second-order valence-electron chi connectivity index (χ2n) is 4.89. The summed E-state index contributed by atoms with van der Waals surface area (Å²) in [5.74, 6) is 0. The number of hydrogen-bond donors (Lipinski definition) is 0. The summed E-state index contributed by atoms with van der Waals surface area (Å²) in [6.07, 6.45) is 18.9. The first-order valence-electron chi connectivity index (χ1n) is 7.41. The van der Waals surface area contributed by atoms with E-state index in [-0.39, 0.29) is 0 Å². The molecule has 0 radical (unpaired) electrons. The summed E-state index contributed by atoms with van der Waals surface area (Å²) in [4.78, 5) is 0. The van der Waals surface area contributed by atoms with Crippen molar-refractivity contribution < 1.29 is 0 Å². The molecule has 0 unspecified atom stereocenters. The molecule has 1 fully saturated rings. The molecule has 0 atom stereocenters. The molecule has 1 aliphatic carbocycles. The molecule has 0 spiro atoms. The first-order chi connectivity index (χ1) is 7.41. The lowest BCUT2D eigenvalue weighted by molar-refractivity contribution is 0.562. The van der Waals surface area contributed by atoms with Crippen LogP contribution < -0.4 is 0 Å². The van der Waals surface area contributed by atoms with Crippen molar-refractivity contribution in [3.8, 4) is 0 Å². The molecule has 1 aliphatic rings. The highest BCUT2D eigenvalue weighted by Gasteiger charge is 1.95. The van der Waals surface area contributed by atoms with Crippen LogP contribution in [0.3, 0.4) is 0 Å². The molecule has 1 rings (SSSR count). The zero-order chi connectivity index (χ0) is 11.2. The smallest absolute Gasteiger partial charge is 0.0533 e. The molecule has 92 valence electrons. The van der Waals surface area contributed by atoms with Crippen LogP contribution in [-0.4, -0.2) is 0 Å². The summed E-state index contributed by atoms with van der Waals surface area (Å²) >= 11 is 0. The van der Waals surface area contributed by atoms with E-state index in [4.69, 9.17) is 0 Å². The fraction of sp³-hybridized carbons (Fsp3) is 1.00. The molecule has 0 bridgehead atoms. The van der Waals surface area contributed by atoms with Crippen molar-refractivity contribution in [1.82, 2.24) is 0 Å². The molecule has 0 aromatic carbocycles. The Balaban J connectivity index is 0.000000548. The van der Waals surface area contributed by atoms with E-state index in [0.29, 0.717) is 0 Å². The molecule has 0 aliphatic heterocycles. The van der Waals surface area contributed by atoms with Gasteiger partial charge in [0.2, 0.25) is 0 Å². The molecule has 0 heterocycles. The summed E-state index contributed by atoms with van der Waals surface area (Å²) in [6.45, 7) is 4.56. The van der Waals surface area contributed by atoms with Gasteiger partial charge in [-0.1, -0.05) is 97.3 Å². The van der Waals surface area contributed by atoms with Gasteiger partial charge in [0.15, 0.2) is 0 Å². The highest BCUT2D eigenvalue weighted by molar-refractivity contribution is 4.50. The van der Waals surface area contributed by atoms with Crippen LogP contribution in [0.2, 0.25) is 0 Å². The first kappa shape index (κ1) is 15.0. The maximum absolute atomic E-state index is 2.28. The maximum atomic E-state index is 2.28. The molecule has 0 nitrogen and oxygen atoms in total. The van der Waals surface area contributed by atoms with E-state index in [1.165, 1.54) is 83.5 Å². The summed E-state index contributed by atoms with van der Waals surface area (Å²) in [6, 6.07) is 0. The molecular formula is C15H32. The van der Waals surface area contributed by atoms with Gasteiger partial charge in [-0.2, -0.15) is 0 Å². The largest absolute Gasteiger partial charge is 0.0654 e. The van der Waals surface area contributed by atoms with Crippen LogP contribution in [0.1, 0.15) is 97.3 Å². The van der Waals surface area contributed by atoms with Gasteiger partial charge in [-0.25, -0.2) is 0 Å². The van der Waals surface area contributed by atoms with E-state index < -0.39 is 0 Å². The summed E-state index contributed by atoms with van der Waals surface area (Å²) in [5.41, 5.74) is 0. The zero-order valence-electron chi connectivity index (χ0n) is 11.2. The summed E-state index contributed by atoms with van der Waals surface area (Å²) in [7, 11) is 0. The van der Waals surface area contributed by atoms with Gasteiger partial charge < -0.3 is 0 Å². The zero-order valence-corrected chi connectivity index (χ0v) is 11.2. The predicted molar refractivity (Wildman–Crippen MR) is 71.4 cm³/mol. The normalized spacial score (nSPS) is 13.2. The average Bonchev–Trinajstić information content (AvgIpc) is 3.09. The molecule has 0 heteroatoms. The monoisotopic (exact) mass is 212 g/mol. The van der Waals surface area contributed by atoms with Crippen molar-refractivity contribution in [1.29, 1.82) is 0 Å². The molecule has 15 heavy (non-hydrogen) atoms. The van der Waals surface area contributed by atoms with Crippen molar-refractivity contribution in [3.05, 3.63) is 0 Å². The minimum atomic E-state index is 1.37. The van der Waals surface area contributed by atoms with Gasteiger partial charge in [0.05, 0.1) is 0 Å². The van der Waals surface area contributed by atoms with Gasteiger partial charge in [0.1, 0.15) is 0 Å². The summed E-state index contributed by atoms with van der Waals surface area (Å²) < 4.78 is 0. The highest BCUT2D eigenvalue weighted by atomic mass is 14.0. The Labute approximate surface area is 97.8 Å². The SMILES string of the molecule is C1CC1.CCCCCCCCCCCC. The van der Waals surface area contributed by atoms with Crippen LogP contribution in [0, 0.1) is 0 Å². The van der Waals surface area contributed by atoms with Crippen LogP contribution in [0.15, 0.2) is 0 Å². The standard InChI is InChI=1S/C12H26.C3H6/c1-3-5-7-9-11-12-10-8-6-4-2;1-2-3-1/h3-12H2,1-2H3;1-3H2. The van der Waals surface area contributed by atoms with Crippen molar-refractivity contribution in [2.24, 2.45) is 0 Å². The maximum Gasteiger partial charge on any atom is -0.0533 e. The van der Waals surface area contributed by atoms with E-state index in [2.05, 4.69) is 13.8 Å². The third kappa shape index (κ3) is 20.2. The lowest BCUT2D eigenvalue weighted by atomic mass is 10.1. The third-order valence-electron chi connectivity index (χ3n) is 2.81. The fourth-order valence-corrected chi connectivity index (χ4v) is 1.56. The van der Waals surface area contributed by atoms with Crippen LogP contribution in [-0.2, 0) is 0 Å². The Morgan fingerprint density at radius 1 is 0.467 bits per heavy atom. The third-order valence-corrected chi connectivity index (χ3v) is 2.81. The number of unbranched alkanes of at least 4 members (excludes halogenated alkanes) is 9. The van der Waals surface area contributed by atoms with Gasteiger partial charge in [0.25, 0.3) is 0 Å². The minimum absolute atomic E-state index is 1.37. The second-order valence-corrected chi connectivity index (χ2v) is 4.89. The predicted octanol–water partition coefficient (Wildman–Crippen LogP) is 6.10. The Morgan fingerprint density at radius 2 is 0.733 bits per heavy atom. The Hall–Kier alpha value is 0. The molecule has 0 amide bonds. The van der Waals surface area contributed by atoms with E-state index in [0.717, 1.165) is 0 Å². The average molecular weight is 212 g/mol. The molecule has 0 aromatic rings. The van der Waals surface area contributed by atoms with Crippen LogP contribution in [0.25, 0.3) is 0 Å². The molecular weight excluding hydrogens is 180 g/mol. The Bertz CT molecular complexity index is 81.5. The van der Waals surface area contributed by atoms with E-state index >= 15 is 0 Å². The van der Waals surface area contributed by atoms with E-state index in [1.54, 1.807) is 0 Å². The molecule has 0 aromatic heterocycles. The van der Waals surface area contributed by atoms with Gasteiger partial charge in [-0.3, -0.25) is 0 Å².